The van der Waals surface area contributed by atoms with Crippen molar-refractivity contribution in [2.45, 2.75) is 58.1 Å². The summed E-state index contributed by atoms with van der Waals surface area (Å²) in [5.74, 6) is 0. The third-order valence-corrected chi connectivity index (χ3v) is 6.30. The molecular formula is C23H29BrN2O3S. The summed E-state index contributed by atoms with van der Waals surface area (Å²) >= 11 is 3.43. The molecule has 2 aromatic carbocycles. The lowest BCUT2D eigenvalue weighted by molar-refractivity contribution is 0.0812. The second-order valence-electron chi connectivity index (χ2n) is 8.03. The van der Waals surface area contributed by atoms with Crippen LogP contribution in [0.4, 0.5) is 4.79 Å². The van der Waals surface area contributed by atoms with Crippen LogP contribution >= 0.6 is 15.9 Å². The topological polar surface area (TPSA) is 59.0 Å². The Morgan fingerprint density at radius 1 is 1.13 bits per heavy atom. The molecule has 0 saturated heterocycles. The summed E-state index contributed by atoms with van der Waals surface area (Å²) in [7, 11) is -1.32. The van der Waals surface area contributed by atoms with E-state index >= 15 is 0 Å². The smallest absolute Gasteiger partial charge is 0.410 e. The number of nitrogens with zero attached hydrogens (tertiary/aromatic N) is 2. The van der Waals surface area contributed by atoms with Gasteiger partial charge in [0, 0.05) is 29.7 Å². The normalized spacial score (nSPS) is 13.8. The van der Waals surface area contributed by atoms with Gasteiger partial charge in [0.2, 0.25) is 0 Å². The predicted octanol–water partition coefficient (Wildman–Crippen LogP) is 5.90. The standard InChI is InChI=1S/C23H29BrN2O3S/c1-18(14-15-25-30(28)23(2,3)4)26(16-19-10-12-21(24)13-11-19)22(27)29-17-20-8-6-5-7-9-20/h5-13,15,18H,14,16-17H2,1-4H3/b25-15+/t18-,30+/m0/s1. The van der Waals surface area contributed by atoms with Gasteiger partial charge in [-0.15, -0.1) is 0 Å². The summed E-state index contributed by atoms with van der Waals surface area (Å²) in [4.78, 5) is 14.6. The van der Waals surface area contributed by atoms with Crippen molar-refractivity contribution < 1.29 is 13.7 Å². The van der Waals surface area contributed by atoms with E-state index in [0.29, 0.717) is 13.0 Å². The molecule has 0 aliphatic carbocycles. The molecule has 0 aromatic heterocycles. The maximum absolute atomic E-state index is 12.9. The molecule has 0 aliphatic rings. The number of carbonyl (C=O) groups is 1. The van der Waals surface area contributed by atoms with Gasteiger partial charge in [-0.25, -0.2) is 9.00 Å². The summed E-state index contributed by atoms with van der Waals surface area (Å²) in [5, 5.41) is 0. The van der Waals surface area contributed by atoms with Crippen LogP contribution in [0.2, 0.25) is 0 Å². The fourth-order valence-corrected chi connectivity index (χ4v) is 3.34. The molecule has 2 rings (SSSR count). The SMILES string of the molecule is C[C@@H](C/C=N/[S@](=O)C(C)(C)C)N(Cc1ccc(Br)cc1)C(=O)OCc1ccccc1. The number of carbonyl (C=O) groups excluding carboxylic acids is 1. The average molecular weight is 493 g/mol. The zero-order chi connectivity index (χ0) is 22.1. The highest BCUT2D eigenvalue weighted by Crippen LogP contribution is 2.17. The first-order valence-electron chi connectivity index (χ1n) is 9.83. The van der Waals surface area contributed by atoms with Crippen LogP contribution in [0.5, 0.6) is 0 Å². The first-order chi connectivity index (χ1) is 14.2. The first-order valence-corrected chi connectivity index (χ1v) is 11.7. The summed E-state index contributed by atoms with van der Waals surface area (Å²) in [5.41, 5.74) is 1.93. The number of hydrogen-bond donors (Lipinski definition) is 0. The average Bonchev–Trinajstić information content (AvgIpc) is 2.71. The van der Waals surface area contributed by atoms with Crippen LogP contribution in [0, 0.1) is 0 Å². The fraction of sp³-hybridized carbons (Fsp3) is 0.391. The van der Waals surface area contributed by atoms with E-state index in [2.05, 4.69) is 20.3 Å². The first kappa shape index (κ1) is 24.3. The van der Waals surface area contributed by atoms with Gasteiger partial charge in [-0.05, 0) is 51.0 Å². The van der Waals surface area contributed by atoms with Gasteiger partial charge in [-0.1, -0.05) is 58.4 Å². The molecule has 162 valence electrons. The Hall–Kier alpha value is -1.99. The maximum atomic E-state index is 12.9. The second kappa shape index (κ2) is 11.4. The minimum absolute atomic E-state index is 0.169. The van der Waals surface area contributed by atoms with Crippen LogP contribution < -0.4 is 0 Å². The van der Waals surface area contributed by atoms with Gasteiger partial charge in [-0.2, -0.15) is 4.40 Å². The number of amides is 1. The van der Waals surface area contributed by atoms with Crippen molar-refractivity contribution in [3.05, 3.63) is 70.2 Å². The molecule has 0 aliphatic heterocycles. The molecule has 0 unspecified atom stereocenters. The molecule has 0 heterocycles. The molecule has 0 N–H and O–H groups in total. The van der Waals surface area contributed by atoms with Gasteiger partial charge in [0.05, 0.1) is 4.75 Å². The lowest BCUT2D eigenvalue weighted by Gasteiger charge is -2.28. The lowest BCUT2D eigenvalue weighted by atomic mass is 10.1. The predicted molar refractivity (Wildman–Crippen MR) is 127 cm³/mol. The second-order valence-corrected chi connectivity index (χ2v) is 10.9. The number of hydrogen-bond acceptors (Lipinski definition) is 3. The fourth-order valence-electron chi connectivity index (χ4n) is 2.54. The molecule has 0 bridgehead atoms. The number of benzene rings is 2. The molecule has 0 spiro atoms. The quantitative estimate of drug-likeness (QED) is 0.431. The van der Waals surface area contributed by atoms with E-state index in [1.165, 1.54) is 0 Å². The Balaban J connectivity index is 2.08. The Morgan fingerprint density at radius 2 is 1.77 bits per heavy atom. The van der Waals surface area contributed by atoms with E-state index in [0.717, 1.165) is 15.6 Å². The van der Waals surface area contributed by atoms with Crippen molar-refractivity contribution in [2.24, 2.45) is 4.40 Å². The molecule has 0 radical (unpaired) electrons. The minimum atomic E-state index is -1.32. The number of rotatable bonds is 8. The maximum Gasteiger partial charge on any atom is 0.410 e. The highest BCUT2D eigenvalue weighted by Gasteiger charge is 2.22. The third-order valence-electron chi connectivity index (χ3n) is 4.38. The van der Waals surface area contributed by atoms with Crippen molar-refractivity contribution in [3.63, 3.8) is 0 Å². The summed E-state index contributed by atoms with van der Waals surface area (Å²) in [6, 6.07) is 17.3. The van der Waals surface area contributed by atoms with Crippen molar-refractivity contribution in [2.75, 3.05) is 0 Å². The van der Waals surface area contributed by atoms with E-state index in [1.807, 2.05) is 82.3 Å². The molecule has 1 amide bonds. The summed E-state index contributed by atoms with van der Waals surface area (Å²) in [6.07, 6.45) is 1.74. The van der Waals surface area contributed by atoms with Gasteiger partial charge in [0.25, 0.3) is 0 Å². The number of halogens is 1. The van der Waals surface area contributed by atoms with Crippen LogP contribution in [-0.4, -0.2) is 32.2 Å². The van der Waals surface area contributed by atoms with Crippen molar-refractivity contribution in [3.8, 4) is 0 Å². The van der Waals surface area contributed by atoms with Gasteiger partial charge < -0.3 is 9.64 Å². The Bertz CT molecular complexity index is 864. The highest BCUT2D eigenvalue weighted by molar-refractivity contribution is 9.10. The van der Waals surface area contributed by atoms with Crippen molar-refractivity contribution in [1.29, 1.82) is 0 Å². The third kappa shape index (κ3) is 8.03. The van der Waals surface area contributed by atoms with Gasteiger partial charge in [-0.3, -0.25) is 0 Å². The molecular weight excluding hydrogens is 464 g/mol. The zero-order valence-electron chi connectivity index (χ0n) is 17.9. The lowest BCUT2D eigenvalue weighted by Crippen LogP contribution is -2.38. The molecule has 7 heteroatoms. The van der Waals surface area contributed by atoms with E-state index < -0.39 is 15.7 Å². The minimum Gasteiger partial charge on any atom is -0.445 e. The highest BCUT2D eigenvalue weighted by atomic mass is 79.9. The van der Waals surface area contributed by atoms with E-state index in [-0.39, 0.29) is 18.7 Å². The molecule has 5 nitrogen and oxygen atoms in total. The number of ether oxygens (including phenoxy) is 1. The van der Waals surface area contributed by atoms with Crippen LogP contribution in [0.1, 0.15) is 45.2 Å². The van der Waals surface area contributed by atoms with Crippen molar-refractivity contribution >= 4 is 39.2 Å². The van der Waals surface area contributed by atoms with Gasteiger partial charge in [0.15, 0.2) is 0 Å². The van der Waals surface area contributed by atoms with Crippen LogP contribution in [0.25, 0.3) is 0 Å². The Kier molecular flexibility index (Phi) is 9.24. The zero-order valence-corrected chi connectivity index (χ0v) is 20.3. The Morgan fingerprint density at radius 3 is 2.37 bits per heavy atom. The molecule has 2 atom stereocenters. The molecule has 2 aromatic rings. The van der Waals surface area contributed by atoms with Crippen LogP contribution in [0.3, 0.4) is 0 Å². The molecule has 0 saturated carbocycles. The van der Waals surface area contributed by atoms with E-state index in [4.69, 9.17) is 4.74 Å². The van der Waals surface area contributed by atoms with Crippen LogP contribution in [0.15, 0.2) is 63.5 Å². The van der Waals surface area contributed by atoms with E-state index in [9.17, 15) is 9.00 Å². The monoisotopic (exact) mass is 492 g/mol. The summed E-state index contributed by atoms with van der Waals surface area (Å²) < 4.78 is 22.4. The largest absolute Gasteiger partial charge is 0.445 e. The molecule has 30 heavy (non-hydrogen) atoms. The van der Waals surface area contributed by atoms with E-state index in [1.54, 1.807) is 11.1 Å². The van der Waals surface area contributed by atoms with Gasteiger partial charge in [0.1, 0.15) is 17.6 Å². The Labute approximate surface area is 190 Å². The summed E-state index contributed by atoms with van der Waals surface area (Å²) in [6.45, 7) is 8.21. The van der Waals surface area contributed by atoms with Crippen LogP contribution in [-0.2, 0) is 28.9 Å². The van der Waals surface area contributed by atoms with Crippen molar-refractivity contribution in [1.82, 2.24) is 4.90 Å². The molecule has 0 fully saturated rings. The van der Waals surface area contributed by atoms with Gasteiger partial charge >= 0.3 is 6.09 Å².